The zero-order chi connectivity index (χ0) is 12.5. The Bertz CT molecular complexity index is 184. The van der Waals surface area contributed by atoms with E-state index >= 15 is 0 Å². The summed E-state index contributed by atoms with van der Waals surface area (Å²) in [5.41, 5.74) is 0. The summed E-state index contributed by atoms with van der Waals surface area (Å²) in [6.07, 6.45) is 0. The zero-order valence-electron chi connectivity index (χ0n) is 11.9. The van der Waals surface area contributed by atoms with Gasteiger partial charge in [0, 0.05) is 0 Å². The second-order valence-corrected chi connectivity index (χ2v) is 15.8. The molecule has 0 aromatic rings. The largest absolute Gasteiger partial charge is 0.351 e. The zero-order valence-corrected chi connectivity index (χ0v) is 13.9. The summed E-state index contributed by atoms with van der Waals surface area (Å²) in [6, 6.07) is 0. The third kappa shape index (κ3) is 6.50. The number of nitrogens with one attached hydrogen (secondary N) is 1. The summed E-state index contributed by atoms with van der Waals surface area (Å²) in [4.78, 5) is 0. The minimum absolute atomic E-state index is 0.259. The van der Waals surface area contributed by atoms with Crippen LogP contribution in [0.5, 0.6) is 0 Å². The van der Waals surface area contributed by atoms with E-state index in [1.165, 1.54) is 0 Å². The normalized spacial score (nSPS) is 14.8. The van der Waals surface area contributed by atoms with E-state index in [0.29, 0.717) is 0 Å². The molecule has 91 valence electrons. The van der Waals surface area contributed by atoms with Gasteiger partial charge in [0.25, 0.3) is 9.04 Å². The Kier molecular flexibility index (Phi) is 4.80. The third-order valence-corrected chi connectivity index (χ3v) is 5.77. The van der Waals surface area contributed by atoms with Gasteiger partial charge in [-0.3, -0.25) is 0 Å². The fraction of sp³-hybridized carbons (Fsp3) is 1.00. The molecule has 4 heteroatoms. The first-order chi connectivity index (χ1) is 6.34. The van der Waals surface area contributed by atoms with Gasteiger partial charge in [0.1, 0.15) is 8.24 Å². The lowest BCUT2D eigenvalue weighted by Gasteiger charge is -2.38. The van der Waals surface area contributed by atoms with Crippen LogP contribution in [0.4, 0.5) is 0 Å². The monoisotopic (exact) mass is 246 g/mol. The molecule has 1 N–H and O–H groups in total. The lowest BCUT2D eigenvalue weighted by atomic mass is 10.2. The summed E-state index contributed by atoms with van der Waals surface area (Å²) in [7, 11) is -2.21. The average molecular weight is 247 g/mol. The van der Waals surface area contributed by atoms with E-state index in [1.807, 2.05) is 0 Å². The highest BCUT2D eigenvalue weighted by molar-refractivity contribution is 6.74. The van der Waals surface area contributed by atoms with E-state index in [0.717, 1.165) is 0 Å². The predicted octanol–water partition coefficient (Wildman–Crippen LogP) is 3.93. The highest BCUT2D eigenvalue weighted by atomic mass is 28.3. The first kappa shape index (κ1) is 15.4. The van der Waals surface area contributed by atoms with Crippen LogP contribution in [0.3, 0.4) is 0 Å². The van der Waals surface area contributed by atoms with Gasteiger partial charge in [-0.1, -0.05) is 61.2 Å². The van der Waals surface area contributed by atoms with Crippen LogP contribution >= 0.6 is 0 Å². The molecule has 0 fully saturated rings. The van der Waals surface area contributed by atoms with E-state index < -0.39 is 17.3 Å². The van der Waals surface area contributed by atoms with Crippen LogP contribution in [-0.4, -0.2) is 17.3 Å². The molecule has 2 nitrogen and oxygen atoms in total. The van der Waals surface area contributed by atoms with Gasteiger partial charge in [-0.25, -0.2) is 5.15 Å². The van der Waals surface area contributed by atoms with Crippen molar-refractivity contribution in [2.75, 3.05) is 0 Å². The van der Waals surface area contributed by atoms with Gasteiger partial charge in [0.15, 0.2) is 0 Å². The van der Waals surface area contributed by atoms with E-state index in [4.69, 9.17) is 4.53 Å². The molecule has 0 saturated carbocycles. The van der Waals surface area contributed by atoms with Crippen molar-refractivity contribution in [1.82, 2.24) is 5.15 Å². The molecule has 0 unspecified atom stereocenters. The van der Waals surface area contributed by atoms with Crippen molar-refractivity contribution in [2.45, 2.75) is 71.3 Å². The van der Waals surface area contributed by atoms with Crippen LogP contribution < -0.4 is 5.15 Å². The summed E-state index contributed by atoms with van der Waals surface area (Å²) in [6.45, 7) is 20.4. The maximum absolute atomic E-state index is 6.05. The summed E-state index contributed by atoms with van der Waals surface area (Å²) in [5.74, 6) is 0. The van der Waals surface area contributed by atoms with Gasteiger partial charge >= 0.3 is 0 Å². The van der Waals surface area contributed by atoms with Crippen molar-refractivity contribution >= 4 is 17.3 Å². The van der Waals surface area contributed by atoms with Gasteiger partial charge in [0.2, 0.25) is 0 Å². The molecule has 0 amide bonds. The van der Waals surface area contributed by atoms with Crippen molar-refractivity contribution in [3.05, 3.63) is 0 Å². The van der Waals surface area contributed by atoms with Crippen molar-refractivity contribution in [3.63, 3.8) is 0 Å². The molecule has 15 heavy (non-hydrogen) atoms. The topological polar surface area (TPSA) is 21.3 Å². The van der Waals surface area contributed by atoms with Gasteiger partial charge in [-0.15, -0.1) is 0 Å². The molecule has 0 heterocycles. The molecule has 0 bridgehead atoms. The molecule has 0 rings (SSSR count). The predicted molar refractivity (Wildman–Crippen MR) is 72.8 cm³/mol. The maximum atomic E-state index is 6.05. The van der Waals surface area contributed by atoms with Crippen LogP contribution in [0.1, 0.15) is 41.5 Å². The van der Waals surface area contributed by atoms with Crippen LogP contribution in [0, 0.1) is 0 Å². The summed E-state index contributed by atoms with van der Waals surface area (Å²) < 4.78 is 6.05. The first-order valence-electron chi connectivity index (χ1n) is 5.66. The minimum atomic E-state index is -1.32. The van der Waals surface area contributed by atoms with Crippen LogP contribution in [0.15, 0.2) is 0 Å². The molecule has 0 aromatic carbocycles. The maximum Gasteiger partial charge on any atom is 0.251 e. The van der Waals surface area contributed by atoms with Crippen molar-refractivity contribution in [3.8, 4) is 0 Å². The second-order valence-electron chi connectivity index (χ2n) is 7.28. The fourth-order valence-corrected chi connectivity index (χ4v) is 6.13. The highest BCUT2D eigenvalue weighted by Crippen LogP contribution is 2.41. The highest BCUT2D eigenvalue weighted by Gasteiger charge is 2.40. The Morgan fingerprint density at radius 1 is 0.867 bits per heavy atom. The van der Waals surface area contributed by atoms with E-state index in [9.17, 15) is 0 Å². The standard InChI is InChI=1S/C11H28NOSi2/c1-10(2,3)14(11(4,5)6)13-12-15(7,8)9/h12H,1-9H3. The van der Waals surface area contributed by atoms with E-state index in [2.05, 4.69) is 66.3 Å². The van der Waals surface area contributed by atoms with Crippen LogP contribution in [-0.2, 0) is 4.53 Å². The summed E-state index contributed by atoms with van der Waals surface area (Å²) in [5, 5.41) is 3.84. The van der Waals surface area contributed by atoms with Crippen LogP contribution in [0.2, 0.25) is 29.7 Å². The first-order valence-corrected chi connectivity index (χ1v) is 10.6. The molecular formula is C11H28NOSi2. The van der Waals surface area contributed by atoms with Gasteiger partial charge in [-0.2, -0.15) is 0 Å². The Morgan fingerprint density at radius 3 is 1.40 bits per heavy atom. The number of rotatable bonds is 3. The number of hydrogen-bond donors (Lipinski definition) is 1. The molecular weight excluding hydrogens is 218 g/mol. The Morgan fingerprint density at radius 2 is 1.20 bits per heavy atom. The van der Waals surface area contributed by atoms with E-state index in [1.54, 1.807) is 0 Å². The molecule has 0 aliphatic carbocycles. The van der Waals surface area contributed by atoms with E-state index in [-0.39, 0.29) is 10.1 Å². The van der Waals surface area contributed by atoms with Gasteiger partial charge < -0.3 is 4.53 Å². The lowest BCUT2D eigenvalue weighted by molar-refractivity contribution is 0.234. The fourth-order valence-electron chi connectivity index (χ4n) is 1.64. The smallest absolute Gasteiger partial charge is 0.251 e. The van der Waals surface area contributed by atoms with Crippen molar-refractivity contribution < 1.29 is 4.53 Å². The SMILES string of the molecule is CC(C)(C)[Si](ON[Si](C)(C)C)C(C)(C)C. The summed E-state index contributed by atoms with van der Waals surface area (Å²) >= 11 is 0. The number of hydrogen-bond acceptors (Lipinski definition) is 2. The molecule has 1 radical (unpaired) electrons. The molecule has 0 spiro atoms. The Balaban J connectivity index is 4.56. The van der Waals surface area contributed by atoms with Gasteiger partial charge in [0.05, 0.1) is 0 Å². The van der Waals surface area contributed by atoms with Crippen molar-refractivity contribution in [1.29, 1.82) is 0 Å². The molecule has 0 aliphatic heterocycles. The van der Waals surface area contributed by atoms with Gasteiger partial charge in [-0.05, 0) is 10.1 Å². The molecule has 0 saturated heterocycles. The molecule has 0 aliphatic rings. The quantitative estimate of drug-likeness (QED) is 0.602. The Labute approximate surface area is 98.6 Å². The molecule has 0 atom stereocenters. The molecule has 0 aromatic heterocycles. The second kappa shape index (κ2) is 4.69. The van der Waals surface area contributed by atoms with Crippen molar-refractivity contribution in [2.24, 2.45) is 0 Å². The third-order valence-electron chi connectivity index (χ3n) is 1.82. The Hall–Kier alpha value is 0.354. The minimum Gasteiger partial charge on any atom is -0.351 e. The van der Waals surface area contributed by atoms with Crippen LogP contribution in [0.25, 0.3) is 0 Å². The lowest BCUT2D eigenvalue weighted by Crippen LogP contribution is -2.50. The average Bonchev–Trinajstić information content (AvgIpc) is 1.75.